The lowest BCUT2D eigenvalue weighted by atomic mass is 10.00. The van der Waals surface area contributed by atoms with Crippen LogP contribution in [0.15, 0.2) is 18.2 Å². The number of nitriles is 1. The molecule has 2 amide bonds. The number of carboxylic acids is 1. The van der Waals surface area contributed by atoms with Crippen molar-refractivity contribution in [1.82, 2.24) is 9.97 Å². The van der Waals surface area contributed by atoms with Gasteiger partial charge in [-0.25, -0.2) is 14.6 Å². The minimum Gasteiger partial charge on any atom is -0.480 e. The Hall–Kier alpha value is -4.12. The van der Waals surface area contributed by atoms with E-state index in [0.717, 1.165) is 13.2 Å². The molecule has 1 aromatic carbocycles. The number of rotatable bonds is 2. The van der Waals surface area contributed by atoms with Gasteiger partial charge in [-0.2, -0.15) is 18.4 Å². The number of hydrogen-bond acceptors (Lipinski definition) is 7. The average Bonchev–Trinajstić information content (AvgIpc) is 3.23. The second kappa shape index (κ2) is 10.0. The maximum absolute atomic E-state index is 13.7. The molecule has 1 aliphatic rings. The van der Waals surface area contributed by atoms with Crippen molar-refractivity contribution in [2.75, 3.05) is 17.3 Å². The lowest BCUT2D eigenvalue weighted by molar-refractivity contribution is -0.171. The van der Waals surface area contributed by atoms with Gasteiger partial charge in [0.1, 0.15) is 17.9 Å². The maximum atomic E-state index is 13.7. The van der Waals surface area contributed by atoms with Crippen LogP contribution in [0.3, 0.4) is 0 Å². The number of nitrogens with one attached hydrogen (secondary N) is 2. The van der Waals surface area contributed by atoms with Gasteiger partial charge in [-0.1, -0.05) is 12.8 Å². The lowest BCUT2D eigenvalue weighted by Crippen LogP contribution is -2.51. The Kier molecular flexibility index (Phi) is 7.30. The smallest absolute Gasteiger partial charge is 0.471 e. The van der Waals surface area contributed by atoms with Gasteiger partial charge in [-0.15, -0.1) is 0 Å². The number of nitrogens with two attached hydrogens (primary N) is 1. The summed E-state index contributed by atoms with van der Waals surface area (Å²) in [4.78, 5) is 43.5. The molecule has 3 rings (SSSR count). The Balaban J connectivity index is 2.37. The number of alkyl halides is 3. The van der Waals surface area contributed by atoms with E-state index in [1.54, 1.807) is 0 Å². The number of fused-ring (bicyclic) bond motifs is 4. The van der Waals surface area contributed by atoms with Crippen LogP contribution < -0.4 is 16.0 Å². The van der Waals surface area contributed by atoms with Crippen LogP contribution in [0.25, 0.3) is 11.3 Å². The molecule has 35 heavy (non-hydrogen) atoms. The average molecular weight is 494 g/mol. The first-order chi connectivity index (χ1) is 16.5. The molecule has 2 bridgehead atoms. The lowest BCUT2D eigenvalue weighted by Gasteiger charge is -2.32. The van der Waals surface area contributed by atoms with Crippen molar-refractivity contribution in [3.8, 4) is 17.3 Å². The van der Waals surface area contributed by atoms with Crippen molar-refractivity contribution in [2.45, 2.75) is 43.9 Å². The molecule has 186 valence electrons. The van der Waals surface area contributed by atoms with Crippen molar-refractivity contribution >= 4 is 29.3 Å². The number of aliphatic carboxylic acids is 1. The van der Waals surface area contributed by atoms with Crippen LogP contribution in [0.1, 0.15) is 43.2 Å². The molecule has 0 radical (unpaired) electrons. The highest BCUT2D eigenvalue weighted by atomic mass is 19.4. The molecular formula is C21H21F3N6O5. The van der Waals surface area contributed by atoms with Gasteiger partial charge in [0.15, 0.2) is 5.69 Å². The van der Waals surface area contributed by atoms with Crippen LogP contribution in [-0.2, 0) is 14.3 Å². The fourth-order valence-corrected chi connectivity index (χ4v) is 3.79. The predicted octanol–water partition coefficient (Wildman–Crippen LogP) is 3.05. The number of carbonyl (C=O) groups is 3. The summed E-state index contributed by atoms with van der Waals surface area (Å²) in [5.74, 6) is -3.87. The standard InChI is InChI=1S/C21H21F3N6O5/c1-35-20(34)27-10-6-7-11-15(8-10)30(19(33)21(22,23)24)14(18(31)32)5-3-2-4-12(26)17-28-13(9-25)16(11)29-17/h6-8,12,14H,2-5,26H2,1H3,(H,27,34)(H,28,29)(H,31,32)/t12-,14+/m0/s1. The number of nitrogens with zero attached hydrogens (tertiary/aromatic N) is 3. The summed E-state index contributed by atoms with van der Waals surface area (Å²) in [5.41, 5.74) is 5.16. The number of methoxy groups -OCH3 is 1. The summed E-state index contributed by atoms with van der Waals surface area (Å²) in [6.45, 7) is 0. The molecule has 0 saturated carbocycles. The van der Waals surface area contributed by atoms with Crippen LogP contribution in [0.2, 0.25) is 0 Å². The van der Waals surface area contributed by atoms with Gasteiger partial charge in [0.25, 0.3) is 0 Å². The molecule has 2 atom stereocenters. The van der Waals surface area contributed by atoms with E-state index in [9.17, 15) is 37.9 Å². The van der Waals surface area contributed by atoms with Crippen LogP contribution in [0.5, 0.6) is 0 Å². The van der Waals surface area contributed by atoms with Crippen molar-refractivity contribution < 1.29 is 37.4 Å². The summed E-state index contributed by atoms with van der Waals surface area (Å²) < 4.78 is 45.5. The fourth-order valence-electron chi connectivity index (χ4n) is 3.79. The molecule has 0 aliphatic carbocycles. The third-order valence-electron chi connectivity index (χ3n) is 5.44. The fraction of sp³-hybridized carbons (Fsp3) is 0.381. The molecule has 0 spiro atoms. The number of carboxylic acid groups (broad SMARTS) is 1. The van der Waals surface area contributed by atoms with E-state index in [-0.39, 0.29) is 46.2 Å². The number of halogens is 3. The number of anilines is 2. The largest absolute Gasteiger partial charge is 0.480 e. The SMILES string of the molecule is COC(=O)Nc1ccc2c(c1)N(C(=O)C(F)(F)F)[C@@H](C(=O)O)CCCC[C@H](N)c1nc(C#N)c-2[nH]1. The third kappa shape index (κ3) is 5.35. The number of H-pyrrole nitrogens is 1. The Labute approximate surface area is 196 Å². The normalized spacial score (nSPS) is 18.3. The summed E-state index contributed by atoms with van der Waals surface area (Å²) >= 11 is 0. The zero-order valence-corrected chi connectivity index (χ0v) is 18.3. The van der Waals surface area contributed by atoms with Crippen LogP contribution in [0, 0.1) is 11.3 Å². The van der Waals surface area contributed by atoms with E-state index in [4.69, 9.17) is 5.73 Å². The number of aromatic nitrogens is 2. The minimum absolute atomic E-state index is 0.0535. The van der Waals surface area contributed by atoms with Gasteiger partial charge in [-0.05, 0) is 31.0 Å². The number of amides is 2. The summed E-state index contributed by atoms with van der Waals surface area (Å²) in [7, 11) is 1.07. The first kappa shape index (κ1) is 25.5. The third-order valence-corrected chi connectivity index (χ3v) is 5.44. The molecule has 5 N–H and O–H groups in total. The number of ether oxygens (including phenoxy) is 1. The van der Waals surface area contributed by atoms with Crippen LogP contribution >= 0.6 is 0 Å². The highest BCUT2D eigenvalue weighted by Crippen LogP contribution is 2.39. The number of aromatic amines is 1. The molecule has 14 heteroatoms. The molecule has 0 unspecified atom stereocenters. The highest BCUT2D eigenvalue weighted by Gasteiger charge is 2.47. The van der Waals surface area contributed by atoms with Gasteiger partial charge in [0, 0.05) is 11.3 Å². The summed E-state index contributed by atoms with van der Waals surface area (Å²) in [6.07, 6.45) is -5.90. The first-order valence-electron chi connectivity index (χ1n) is 10.4. The molecular weight excluding hydrogens is 473 g/mol. The Morgan fingerprint density at radius 2 is 2.00 bits per heavy atom. The Morgan fingerprint density at radius 3 is 2.60 bits per heavy atom. The van der Waals surface area contributed by atoms with Gasteiger partial charge in [0.05, 0.1) is 24.5 Å². The molecule has 2 aromatic rings. The highest BCUT2D eigenvalue weighted by molar-refractivity contribution is 6.05. The van der Waals surface area contributed by atoms with E-state index in [0.29, 0.717) is 12.8 Å². The molecule has 1 aromatic heterocycles. The van der Waals surface area contributed by atoms with Crippen LogP contribution in [-0.4, -0.2) is 52.4 Å². The first-order valence-corrected chi connectivity index (χ1v) is 10.4. The number of carbonyl (C=O) groups excluding carboxylic acids is 2. The van der Waals surface area contributed by atoms with Crippen molar-refractivity contribution in [3.05, 3.63) is 29.7 Å². The Morgan fingerprint density at radius 1 is 1.31 bits per heavy atom. The van der Waals surface area contributed by atoms with E-state index in [2.05, 4.69) is 20.0 Å². The van der Waals surface area contributed by atoms with E-state index < -0.39 is 41.9 Å². The van der Waals surface area contributed by atoms with Gasteiger partial charge < -0.3 is 20.6 Å². The van der Waals surface area contributed by atoms with Crippen molar-refractivity contribution in [3.63, 3.8) is 0 Å². The van der Waals surface area contributed by atoms with E-state index in [1.165, 1.54) is 12.1 Å². The van der Waals surface area contributed by atoms with Crippen molar-refractivity contribution in [1.29, 1.82) is 5.26 Å². The Bertz CT molecular complexity index is 1190. The summed E-state index contributed by atoms with van der Waals surface area (Å²) in [5, 5.41) is 21.7. The zero-order chi connectivity index (χ0) is 25.9. The summed E-state index contributed by atoms with van der Waals surface area (Å²) in [6, 6.07) is 2.80. The molecule has 2 heterocycles. The van der Waals surface area contributed by atoms with E-state index in [1.807, 2.05) is 6.07 Å². The predicted molar refractivity (Wildman–Crippen MR) is 115 cm³/mol. The molecule has 11 nitrogen and oxygen atoms in total. The van der Waals surface area contributed by atoms with Gasteiger partial charge in [-0.3, -0.25) is 15.0 Å². The number of benzene rings is 1. The van der Waals surface area contributed by atoms with Gasteiger partial charge >= 0.3 is 24.1 Å². The maximum Gasteiger partial charge on any atom is 0.471 e. The molecule has 1 aliphatic heterocycles. The molecule has 0 fully saturated rings. The quantitative estimate of drug-likeness (QED) is 0.493. The van der Waals surface area contributed by atoms with E-state index >= 15 is 0 Å². The van der Waals surface area contributed by atoms with Crippen molar-refractivity contribution in [2.24, 2.45) is 5.73 Å². The second-order valence-corrected chi connectivity index (χ2v) is 7.72. The monoisotopic (exact) mass is 494 g/mol. The molecule has 0 saturated heterocycles. The zero-order valence-electron chi connectivity index (χ0n) is 18.3. The van der Waals surface area contributed by atoms with Gasteiger partial charge in [0.2, 0.25) is 0 Å². The topological polar surface area (TPSA) is 174 Å². The second-order valence-electron chi connectivity index (χ2n) is 7.72. The number of hydrogen-bond donors (Lipinski definition) is 4. The number of imidazole rings is 1. The minimum atomic E-state index is -5.42. The van der Waals surface area contributed by atoms with Crippen LogP contribution in [0.4, 0.5) is 29.3 Å².